The molecule has 0 aromatic carbocycles. The molecule has 2 aromatic heterocycles. The number of nitrogens with two attached hydrogens (primary N) is 1. The first-order chi connectivity index (χ1) is 21.5. The third kappa shape index (κ3) is 8.69. The van der Waals surface area contributed by atoms with E-state index in [9.17, 15) is 24.5 Å². The van der Waals surface area contributed by atoms with Crippen molar-refractivity contribution in [1.29, 1.82) is 5.26 Å². The van der Waals surface area contributed by atoms with Crippen molar-refractivity contribution < 1.29 is 42.7 Å². The van der Waals surface area contributed by atoms with Gasteiger partial charge in [-0.3, -0.25) is 18.7 Å². The van der Waals surface area contributed by atoms with Gasteiger partial charge >= 0.3 is 19.6 Å². The van der Waals surface area contributed by atoms with Crippen LogP contribution in [0.4, 0.5) is 5.95 Å². The fourth-order valence-electron chi connectivity index (χ4n) is 4.49. The highest BCUT2D eigenvalue weighted by Crippen LogP contribution is 2.48. The Morgan fingerprint density at radius 3 is 2.20 bits per heavy atom. The summed E-state index contributed by atoms with van der Waals surface area (Å²) in [6, 6.07) is -0.134. The predicted octanol–water partition coefficient (Wildman–Crippen LogP) is 2.07. The molecule has 5 N–H and O–H groups in total. The summed E-state index contributed by atoms with van der Waals surface area (Å²) in [5.41, 5.74) is 4.79. The number of hydrogen-bond donors (Lipinski definition) is 4. The molecule has 46 heavy (non-hydrogen) atoms. The minimum Gasteiger partial charge on any atom is -0.476 e. The van der Waals surface area contributed by atoms with Crippen molar-refractivity contribution in [3.8, 4) is 11.9 Å². The summed E-state index contributed by atoms with van der Waals surface area (Å²) < 4.78 is 43.5. The zero-order chi connectivity index (χ0) is 34.4. The number of nitriles is 1. The molecule has 2 aromatic rings. The van der Waals surface area contributed by atoms with E-state index >= 15 is 0 Å². The molecule has 0 bridgehead atoms. The molecule has 1 fully saturated rings. The maximum absolute atomic E-state index is 14.1. The second-order valence-corrected chi connectivity index (χ2v) is 14.0. The van der Waals surface area contributed by atoms with E-state index in [-0.39, 0.29) is 54.6 Å². The third-order valence-corrected chi connectivity index (χ3v) is 8.90. The summed E-state index contributed by atoms with van der Waals surface area (Å²) in [6.45, 7) is 13.6. The molecule has 0 spiro atoms. The molecule has 1 aliphatic heterocycles. The standard InChI is InChI=1S/C28H45N8O9P/c1-9-41-23-20-22(32-27(30)33-23)36(14-31-20)26-28(8,13-29)21(37)19(45-26)12-44-46(40,34-17(6)24(38)42-10-15(2)3)35-18(7)25(39)43-11-16(4)5/h14-19,21,26,37H,9-12H2,1-8H3,(H2,30,32,33)(H2,34,35,40). The topological polar surface area (TPSA) is 235 Å². The number of ether oxygens (including phenoxy) is 4. The van der Waals surface area contributed by atoms with Crippen molar-refractivity contribution >= 4 is 36.7 Å². The molecule has 18 heteroatoms. The normalized spacial score (nSPS) is 24.0. The fourth-order valence-corrected chi connectivity index (χ4v) is 6.30. The lowest BCUT2D eigenvalue weighted by atomic mass is 9.84. The van der Waals surface area contributed by atoms with Crippen LogP contribution in [-0.4, -0.2) is 87.3 Å². The average Bonchev–Trinajstić information content (AvgIpc) is 3.51. The number of aromatic nitrogens is 4. The summed E-state index contributed by atoms with van der Waals surface area (Å²) in [4.78, 5) is 37.8. The van der Waals surface area contributed by atoms with Gasteiger partial charge in [0.25, 0.3) is 0 Å². The molecule has 3 heterocycles. The number of esters is 2. The van der Waals surface area contributed by atoms with Crippen LogP contribution in [0.25, 0.3) is 11.2 Å². The van der Waals surface area contributed by atoms with Crippen molar-refractivity contribution in [3.05, 3.63) is 6.33 Å². The summed E-state index contributed by atoms with van der Waals surface area (Å²) in [7, 11) is -4.25. The van der Waals surface area contributed by atoms with Crippen molar-refractivity contribution in [2.24, 2.45) is 17.3 Å². The summed E-state index contributed by atoms with van der Waals surface area (Å²) >= 11 is 0. The minimum atomic E-state index is -4.25. The molecule has 1 saturated heterocycles. The summed E-state index contributed by atoms with van der Waals surface area (Å²) in [5, 5.41) is 26.7. The monoisotopic (exact) mass is 668 g/mol. The second kappa shape index (κ2) is 15.5. The van der Waals surface area contributed by atoms with Crippen LogP contribution in [0.5, 0.6) is 5.88 Å². The third-order valence-electron chi connectivity index (χ3n) is 6.94. The number of imidazole rings is 1. The highest BCUT2D eigenvalue weighted by molar-refractivity contribution is 7.54. The predicted molar refractivity (Wildman–Crippen MR) is 165 cm³/mol. The Kier molecular flexibility index (Phi) is 12.5. The number of aliphatic hydroxyl groups excluding tert-OH is 1. The van der Waals surface area contributed by atoms with E-state index in [1.807, 2.05) is 27.7 Å². The van der Waals surface area contributed by atoms with Crippen LogP contribution in [0.3, 0.4) is 0 Å². The van der Waals surface area contributed by atoms with Gasteiger partial charge in [-0.2, -0.15) is 15.2 Å². The maximum Gasteiger partial charge on any atom is 0.342 e. The number of fused-ring (bicyclic) bond motifs is 1. The van der Waals surface area contributed by atoms with E-state index in [0.29, 0.717) is 0 Å². The Bertz CT molecular complexity index is 1430. The number of carbonyl (C=O) groups is 2. The van der Waals surface area contributed by atoms with Crippen LogP contribution < -0.4 is 20.6 Å². The van der Waals surface area contributed by atoms with Gasteiger partial charge in [0.2, 0.25) is 11.8 Å². The fraction of sp³-hybridized carbons (Fsp3) is 0.714. The number of rotatable bonds is 16. The van der Waals surface area contributed by atoms with Crippen LogP contribution >= 0.6 is 7.67 Å². The lowest BCUT2D eigenvalue weighted by molar-refractivity contribution is -0.146. The zero-order valence-corrected chi connectivity index (χ0v) is 28.3. The van der Waals surface area contributed by atoms with Crippen molar-refractivity contribution in [2.75, 3.05) is 32.2 Å². The number of carbonyl (C=O) groups excluding carboxylic acids is 2. The first kappa shape index (κ1) is 37.1. The first-order valence-electron chi connectivity index (χ1n) is 15.1. The molecule has 0 aliphatic carbocycles. The van der Waals surface area contributed by atoms with Gasteiger partial charge in [0, 0.05) is 0 Å². The van der Waals surface area contributed by atoms with E-state index in [0.717, 1.165) is 0 Å². The summed E-state index contributed by atoms with van der Waals surface area (Å²) in [6.07, 6.45) is -2.45. The second-order valence-electron chi connectivity index (χ2n) is 12.1. The molecule has 0 saturated carbocycles. The Morgan fingerprint density at radius 1 is 1.13 bits per heavy atom. The number of aliphatic hydroxyl groups is 1. The highest BCUT2D eigenvalue weighted by Gasteiger charge is 2.55. The van der Waals surface area contributed by atoms with Gasteiger partial charge in [0.15, 0.2) is 17.4 Å². The van der Waals surface area contributed by atoms with Gasteiger partial charge in [-0.15, -0.1) is 0 Å². The number of anilines is 1. The van der Waals surface area contributed by atoms with E-state index in [4.69, 9.17) is 29.2 Å². The zero-order valence-electron chi connectivity index (χ0n) is 27.4. The van der Waals surface area contributed by atoms with Gasteiger partial charge < -0.3 is 34.3 Å². The average molecular weight is 669 g/mol. The van der Waals surface area contributed by atoms with Crippen LogP contribution in [0, 0.1) is 28.6 Å². The van der Waals surface area contributed by atoms with Gasteiger partial charge in [-0.25, -0.2) is 15.2 Å². The van der Waals surface area contributed by atoms with Crippen LogP contribution in [0.2, 0.25) is 0 Å². The lowest BCUT2D eigenvalue weighted by Gasteiger charge is -2.27. The van der Waals surface area contributed by atoms with E-state index < -0.39 is 62.2 Å². The van der Waals surface area contributed by atoms with Crippen molar-refractivity contribution in [1.82, 2.24) is 29.7 Å². The summed E-state index contributed by atoms with van der Waals surface area (Å²) in [5.74, 6) is -1.21. The van der Waals surface area contributed by atoms with E-state index in [1.165, 1.54) is 31.7 Å². The smallest absolute Gasteiger partial charge is 0.342 e. The number of nitrogens with zero attached hydrogens (tertiary/aromatic N) is 5. The molecule has 3 rings (SSSR count). The SMILES string of the molecule is CCOc1nc(N)nc2c1ncn2C1OC(COP(=O)(NC(C)C(=O)OCC(C)C)NC(C)C(=O)OCC(C)C)C(O)C1(C)C#N. The minimum absolute atomic E-state index is 0.0674. The van der Waals surface area contributed by atoms with Crippen LogP contribution in [0.15, 0.2) is 6.33 Å². The Labute approximate surface area is 268 Å². The molecule has 0 amide bonds. The van der Waals surface area contributed by atoms with Crippen molar-refractivity contribution in [2.45, 2.75) is 85.9 Å². The molecule has 256 valence electrons. The molecule has 6 unspecified atom stereocenters. The van der Waals surface area contributed by atoms with Crippen LogP contribution in [0.1, 0.15) is 61.6 Å². The van der Waals surface area contributed by atoms with E-state index in [2.05, 4.69) is 31.2 Å². The Balaban J connectivity index is 1.87. The maximum atomic E-state index is 14.1. The van der Waals surface area contributed by atoms with E-state index in [1.54, 1.807) is 6.92 Å². The largest absolute Gasteiger partial charge is 0.476 e. The number of nitrogens with one attached hydrogen (secondary N) is 2. The molecule has 1 aliphatic rings. The number of hydrogen-bond acceptors (Lipinski definition) is 14. The van der Waals surface area contributed by atoms with Gasteiger partial charge in [-0.1, -0.05) is 27.7 Å². The molecular formula is C28H45N8O9P. The number of nitrogen functional groups attached to an aromatic ring is 1. The van der Waals surface area contributed by atoms with Crippen molar-refractivity contribution in [3.63, 3.8) is 0 Å². The first-order valence-corrected chi connectivity index (χ1v) is 16.7. The van der Waals surface area contributed by atoms with Gasteiger partial charge in [0.1, 0.15) is 29.7 Å². The lowest BCUT2D eigenvalue weighted by Crippen LogP contribution is -2.44. The highest BCUT2D eigenvalue weighted by atomic mass is 31.2. The van der Waals surface area contributed by atoms with Gasteiger partial charge in [-0.05, 0) is 39.5 Å². The van der Waals surface area contributed by atoms with Gasteiger partial charge in [0.05, 0.1) is 38.8 Å². The molecule has 6 atom stereocenters. The quantitative estimate of drug-likeness (QED) is 0.148. The Hall–Kier alpha value is -3.39. The Morgan fingerprint density at radius 2 is 1.70 bits per heavy atom. The van der Waals surface area contributed by atoms with Crippen LogP contribution in [-0.2, 0) is 32.9 Å². The molecular weight excluding hydrogens is 623 g/mol. The molecule has 17 nitrogen and oxygen atoms in total. The molecule has 0 radical (unpaired) electrons.